The third-order valence-corrected chi connectivity index (χ3v) is 6.01. The first-order chi connectivity index (χ1) is 13.9. The maximum atomic E-state index is 13.0. The Bertz CT molecular complexity index is 978. The second-order valence-corrected chi connectivity index (χ2v) is 9.22. The van der Waals surface area contributed by atoms with Crippen LogP contribution in [-0.2, 0) is 26.0 Å². The van der Waals surface area contributed by atoms with Crippen molar-refractivity contribution in [3.8, 4) is 0 Å². The van der Waals surface area contributed by atoms with E-state index in [2.05, 4.69) is 15.3 Å². The monoisotopic (exact) mass is 415 g/mol. The molecule has 3 rings (SSSR count). The number of aromatic nitrogens is 2. The van der Waals surface area contributed by atoms with Gasteiger partial charge in [-0.15, -0.1) is 0 Å². The van der Waals surface area contributed by atoms with Gasteiger partial charge in [0.25, 0.3) is 5.91 Å². The van der Waals surface area contributed by atoms with E-state index in [1.165, 1.54) is 18.3 Å². The Hall–Kier alpha value is -2.58. The molecule has 0 radical (unpaired) electrons. The van der Waals surface area contributed by atoms with E-state index in [-0.39, 0.29) is 10.8 Å². The number of hydrogen-bond donors (Lipinski definition) is 1. The zero-order chi connectivity index (χ0) is 20.9. The maximum absolute atomic E-state index is 13.0. The first-order valence-electron chi connectivity index (χ1n) is 9.50. The smallest absolute Gasteiger partial charge is 0.257 e. The van der Waals surface area contributed by atoms with Gasteiger partial charge in [-0.1, -0.05) is 31.1 Å². The third-order valence-electron chi connectivity index (χ3n) is 4.88. The van der Waals surface area contributed by atoms with E-state index in [4.69, 9.17) is 4.74 Å². The van der Waals surface area contributed by atoms with Crippen LogP contribution in [0.2, 0.25) is 0 Å². The minimum Gasteiger partial charge on any atom is -0.378 e. The molecular weight excluding hydrogens is 390 g/mol. The number of nitrogens with zero attached hydrogens (tertiary/aromatic N) is 2. The second-order valence-electron chi connectivity index (χ2n) is 7.20. The Kier molecular flexibility index (Phi) is 6.76. The molecule has 1 aliphatic carbocycles. The highest BCUT2D eigenvalue weighted by molar-refractivity contribution is 7.90. The number of rotatable bonds is 7. The molecule has 1 N–H and O–H groups in total. The summed E-state index contributed by atoms with van der Waals surface area (Å²) in [5, 5.41) is 2.79. The van der Waals surface area contributed by atoms with E-state index in [0.29, 0.717) is 35.2 Å². The van der Waals surface area contributed by atoms with Crippen molar-refractivity contribution in [3.05, 3.63) is 54.0 Å². The molecule has 2 aromatic rings. The second kappa shape index (κ2) is 9.28. The fourth-order valence-electron chi connectivity index (χ4n) is 3.37. The fourth-order valence-corrected chi connectivity index (χ4v) is 4.00. The molecule has 0 bridgehead atoms. The average Bonchev–Trinajstić information content (AvgIpc) is 3.20. The zero-order valence-corrected chi connectivity index (χ0v) is 17.4. The van der Waals surface area contributed by atoms with Crippen LogP contribution in [0, 0.1) is 5.92 Å². The van der Waals surface area contributed by atoms with Crippen LogP contribution in [0.1, 0.15) is 36.9 Å². The summed E-state index contributed by atoms with van der Waals surface area (Å²) in [5.74, 6) is 0.387. The number of carbonyl (C=O) groups is 1. The van der Waals surface area contributed by atoms with Gasteiger partial charge in [0.15, 0.2) is 15.7 Å². The van der Waals surface area contributed by atoms with Crippen LogP contribution >= 0.6 is 0 Å². The molecule has 29 heavy (non-hydrogen) atoms. The number of amides is 1. The summed E-state index contributed by atoms with van der Waals surface area (Å²) < 4.78 is 28.5. The molecule has 0 saturated heterocycles. The average molecular weight is 416 g/mol. The van der Waals surface area contributed by atoms with Gasteiger partial charge in [-0.25, -0.2) is 13.4 Å². The molecule has 1 amide bonds. The van der Waals surface area contributed by atoms with Gasteiger partial charge in [0.05, 0.1) is 29.6 Å². The van der Waals surface area contributed by atoms with Crippen LogP contribution in [0.15, 0.2) is 47.6 Å². The fraction of sp³-hybridized carbons (Fsp3) is 0.381. The summed E-state index contributed by atoms with van der Waals surface area (Å²) in [6, 6.07) is 6.40. The van der Waals surface area contributed by atoms with Crippen molar-refractivity contribution in [2.45, 2.75) is 37.2 Å². The molecule has 1 saturated carbocycles. The van der Waals surface area contributed by atoms with E-state index in [1.807, 2.05) is 6.08 Å². The highest BCUT2D eigenvalue weighted by Crippen LogP contribution is 2.30. The summed E-state index contributed by atoms with van der Waals surface area (Å²) in [5.41, 5.74) is 1.86. The first-order valence-corrected chi connectivity index (χ1v) is 11.4. The molecule has 0 spiro atoms. The predicted octanol–water partition coefficient (Wildman–Crippen LogP) is 3.24. The van der Waals surface area contributed by atoms with Gasteiger partial charge in [-0.3, -0.25) is 9.78 Å². The number of nitrogens with one attached hydrogen (secondary N) is 1. The third kappa shape index (κ3) is 5.71. The summed E-state index contributed by atoms with van der Waals surface area (Å²) in [4.78, 5) is 21.6. The quantitative estimate of drug-likeness (QED) is 0.697. The van der Waals surface area contributed by atoms with Crippen LogP contribution in [-0.4, -0.2) is 37.7 Å². The van der Waals surface area contributed by atoms with Gasteiger partial charge >= 0.3 is 0 Å². The molecule has 154 valence electrons. The van der Waals surface area contributed by atoms with Crippen LogP contribution in [0.25, 0.3) is 5.57 Å². The van der Waals surface area contributed by atoms with Crippen LogP contribution in [0.5, 0.6) is 0 Å². The molecule has 7 nitrogen and oxygen atoms in total. The summed E-state index contributed by atoms with van der Waals surface area (Å²) in [7, 11) is -1.72. The molecule has 8 heteroatoms. The number of hydrogen-bond acceptors (Lipinski definition) is 6. The summed E-state index contributed by atoms with van der Waals surface area (Å²) in [6.07, 6.45) is 10.6. The van der Waals surface area contributed by atoms with E-state index >= 15 is 0 Å². The number of sulfone groups is 1. The molecule has 0 aliphatic heterocycles. The van der Waals surface area contributed by atoms with Crippen LogP contribution in [0.4, 0.5) is 5.82 Å². The van der Waals surface area contributed by atoms with Gasteiger partial charge in [0.1, 0.15) is 0 Å². The Morgan fingerprint density at radius 2 is 1.86 bits per heavy atom. The van der Waals surface area contributed by atoms with Gasteiger partial charge in [0, 0.05) is 18.9 Å². The number of benzene rings is 1. The predicted molar refractivity (Wildman–Crippen MR) is 111 cm³/mol. The lowest BCUT2D eigenvalue weighted by Crippen LogP contribution is -2.16. The van der Waals surface area contributed by atoms with Gasteiger partial charge in [-0.2, -0.15) is 0 Å². The largest absolute Gasteiger partial charge is 0.378 e. The molecule has 1 heterocycles. The van der Waals surface area contributed by atoms with Crippen molar-refractivity contribution in [1.82, 2.24) is 9.97 Å². The van der Waals surface area contributed by atoms with Crippen molar-refractivity contribution in [1.29, 1.82) is 0 Å². The number of carbonyl (C=O) groups excluding carboxylic acids is 1. The minimum atomic E-state index is -3.29. The molecule has 0 atom stereocenters. The highest BCUT2D eigenvalue weighted by Gasteiger charge is 2.19. The molecule has 1 aromatic heterocycles. The van der Waals surface area contributed by atoms with E-state index in [1.54, 1.807) is 25.4 Å². The molecule has 0 unspecified atom stereocenters. The molecule has 1 aromatic carbocycles. The van der Waals surface area contributed by atoms with Gasteiger partial charge < -0.3 is 10.1 Å². The summed E-state index contributed by atoms with van der Waals surface area (Å²) >= 11 is 0. The SMILES string of the molecule is COCc1cnc(NC(=O)/C(=C/C2CCCC2)c2ccc(S(C)(=O)=O)cc2)cn1. The maximum Gasteiger partial charge on any atom is 0.257 e. The van der Waals surface area contributed by atoms with Crippen molar-refractivity contribution < 1.29 is 17.9 Å². The molecule has 1 aliphatic rings. The first kappa shape index (κ1) is 21.1. The lowest BCUT2D eigenvalue weighted by Gasteiger charge is -2.12. The Morgan fingerprint density at radius 3 is 2.41 bits per heavy atom. The van der Waals surface area contributed by atoms with Crippen molar-refractivity contribution in [2.75, 3.05) is 18.7 Å². The lowest BCUT2D eigenvalue weighted by molar-refractivity contribution is -0.111. The zero-order valence-electron chi connectivity index (χ0n) is 16.6. The van der Waals surface area contributed by atoms with Crippen molar-refractivity contribution in [3.63, 3.8) is 0 Å². The standard InChI is InChI=1S/C21H25N3O4S/c1-28-14-17-12-23-20(13-22-17)24-21(25)19(11-15-5-3-4-6-15)16-7-9-18(10-8-16)29(2,26)27/h7-13,15H,3-6,14H2,1-2H3,(H,23,24,25)/b19-11+. The normalized spacial score (nSPS) is 15.4. The Balaban J connectivity index is 1.85. The number of anilines is 1. The lowest BCUT2D eigenvalue weighted by atomic mass is 9.98. The van der Waals surface area contributed by atoms with Gasteiger partial charge in [0.2, 0.25) is 0 Å². The molecular formula is C21H25N3O4S. The minimum absolute atomic E-state index is 0.224. The van der Waals surface area contributed by atoms with E-state index < -0.39 is 9.84 Å². The van der Waals surface area contributed by atoms with Gasteiger partial charge in [-0.05, 0) is 36.5 Å². The van der Waals surface area contributed by atoms with Crippen LogP contribution in [0.3, 0.4) is 0 Å². The highest BCUT2D eigenvalue weighted by atomic mass is 32.2. The van der Waals surface area contributed by atoms with Crippen molar-refractivity contribution in [2.24, 2.45) is 5.92 Å². The van der Waals surface area contributed by atoms with Crippen molar-refractivity contribution >= 4 is 27.1 Å². The Labute approximate surface area is 171 Å². The Morgan fingerprint density at radius 1 is 1.17 bits per heavy atom. The van der Waals surface area contributed by atoms with E-state index in [0.717, 1.165) is 31.9 Å². The number of allylic oxidation sites excluding steroid dienone is 1. The topological polar surface area (TPSA) is 98.2 Å². The van der Waals surface area contributed by atoms with E-state index in [9.17, 15) is 13.2 Å². The number of methoxy groups -OCH3 is 1. The number of ether oxygens (including phenoxy) is 1. The van der Waals surface area contributed by atoms with Crippen LogP contribution < -0.4 is 5.32 Å². The molecule has 1 fully saturated rings. The summed E-state index contributed by atoms with van der Waals surface area (Å²) in [6.45, 7) is 0.348.